The third-order valence-electron chi connectivity index (χ3n) is 3.73. The van der Waals surface area contributed by atoms with Crippen LogP contribution in [0.5, 0.6) is 0 Å². The summed E-state index contributed by atoms with van der Waals surface area (Å²) in [6.07, 6.45) is 3.33. The van der Waals surface area contributed by atoms with Crippen LogP contribution in [0.25, 0.3) is 0 Å². The molecule has 2 saturated heterocycles. The fraction of sp³-hybridized carbons (Fsp3) is 0.917. The number of likely N-dealkylation sites (tertiary alicyclic amines) is 1. The Morgan fingerprint density at radius 3 is 3.06 bits per heavy atom. The molecule has 2 aliphatic rings. The van der Waals surface area contributed by atoms with E-state index in [0.29, 0.717) is 19.6 Å². The summed E-state index contributed by atoms with van der Waals surface area (Å²) in [5.74, 6) is -0.755. The van der Waals surface area contributed by atoms with Crippen LogP contribution in [0.1, 0.15) is 32.1 Å². The van der Waals surface area contributed by atoms with Crippen LogP contribution in [0.2, 0.25) is 0 Å². The molecule has 17 heavy (non-hydrogen) atoms. The molecule has 1 spiro atoms. The van der Waals surface area contributed by atoms with Gasteiger partial charge in [0.25, 0.3) is 0 Å². The van der Waals surface area contributed by atoms with Gasteiger partial charge in [-0.05, 0) is 25.8 Å². The van der Waals surface area contributed by atoms with Crippen LogP contribution in [0.15, 0.2) is 0 Å². The Labute approximate surface area is 101 Å². The lowest BCUT2D eigenvalue weighted by Crippen LogP contribution is -2.54. The van der Waals surface area contributed by atoms with Gasteiger partial charge in [-0.2, -0.15) is 0 Å². The van der Waals surface area contributed by atoms with Gasteiger partial charge in [0.15, 0.2) is 0 Å². The van der Waals surface area contributed by atoms with E-state index in [9.17, 15) is 9.90 Å². The van der Waals surface area contributed by atoms with Crippen molar-refractivity contribution in [2.45, 2.75) is 43.8 Å². The Hall–Kier alpha value is -0.650. The molecular formula is C12H21NO4. The van der Waals surface area contributed by atoms with Crippen LogP contribution < -0.4 is 0 Å². The summed E-state index contributed by atoms with van der Waals surface area (Å²) >= 11 is 0. The molecule has 0 unspecified atom stereocenters. The molecule has 2 heterocycles. The normalized spacial score (nSPS) is 35.0. The van der Waals surface area contributed by atoms with Crippen LogP contribution in [-0.2, 0) is 9.53 Å². The average Bonchev–Trinajstić information content (AvgIpc) is 2.26. The molecule has 2 aliphatic heterocycles. The third-order valence-corrected chi connectivity index (χ3v) is 3.73. The second kappa shape index (κ2) is 5.33. The molecule has 2 fully saturated rings. The lowest BCUT2D eigenvalue weighted by Gasteiger charge is -2.46. The molecule has 0 aromatic rings. The third kappa shape index (κ3) is 3.40. The number of aliphatic hydroxyl groups excluding tert-OH is 1. The number of carboxylic acid groups (broad SMARTS) is 1. The molecule has 0 aliphatic carbocycles. The number of ether oxygens (including phenoxy) is 1. The van der Waals surface area contributed by atoms with E-state index < -0.39 is 5.97 Å². The number of hydrogen-bond donors (Lipinski definition) is 2. The number of aliphatic carboxylic acids is 1. The predicted octanol–water partition coefficient (Wildman–Crippen LogP) is 0.467. The molecule has 2 atom stereocenters. The molecule has 0 aromatic carbocycles. The summed E-state index contributed by atoms with van der Waals surface area (Å²) in [4.78, 5) is 12.7. The maximum absolute atomic E-state index is 10.6. The van der Waals surface area contributed by atoms with Gasteiger partial charge in [-0.25, -0.2) is 0 Å². The van der Waals surface area contributed by atoms with E-state index in [0.717, 1.165) is 32.4 Å². The molecule has 98 valence electrons. The van der Waals surface area contributed by atoms with E-state index in [2.05, 4.69) is 4.90 Å². The Bertz CT molecular complexity index is 280. The van der Waals surface area contributed by atoms with Gasteiger partial charge < -0.3 is 14.9 Å². The highest BCUT2D eigenvalue weighted by atomic mass is 16.5. The second-order valence-electron chi connectivity index (χ2n) is 5.20. The monoisotopic (exact) mass is 243 g/mol. The zero-order chi connectivity index (χ0) is 12.3. The number of aliphatic hydroxyl groups is 1. The number of carboxylic acids is 1. The first-order chi connectivity index (χ1) is 8.10. The van der Waals surface area contributed by atoms with E-state index in [1.165, 1.54) is 0 Å². The van der Waals surface area contributed by atoms with Crippen molar-refractivity contribution in [3.63, 3.8) is 0 Å². The Balaban J connectivity index is 1.89. The molecule has 0 radical (unpaired) electrons. The Morgan fingerprint density at radius 2 is 2.35 bits per heavy atom. The van der Waals surface area contributed by atoms with Crippen LogP contribution in [0.4, 0.5) is 0 Å². The fourth-order valence-corrected chi connectivity index (χ4v) is 2.92. The Kier molecular flexibility index (Phi) is 4.01. The maximum atomic E-state index is 10.6. The van der Waals surface area contributed by atoms with Gasteiger partial charge in [-0.1, -0.05) is 0 Å². The smallest absolute Gasteiger partial charge is 0.304 e. The van der Waals surface area contributed by atoms with E-state index in [1.807, 2.05) is 0 Å². The molecule has 0 bridgehead atoms. The summed E-state index contributed by atoms with van der Waals surface area (Å²) in [6.45, 7) is 2.90. The first-order valence-electron chi connectivity index (χ1n) is 6.36. The zero-order valence-corrected chi connectivity index (χ0v) is 10.1. The minimum Gasteiger partial charge on any atom is -0.481 e. The van der Waals surface area contributed by atoms with Crippen molar-refractivity contribution in [2.75, 3.05) is 26.2 Å². The highest BCUT2D eigenvalue weighted by Gasteiger charge is 2.40. The van der Waals surface area contributed by atoms with E-state index in [1.54, 1.807) is 0 Å². The van der Waals surface area contributed by atoms with Gasteiger partial charge >= 0.3 is 5.97 Å². The lowest BCUT2D eigenvalue weighted by molar-refractivity contribution is -0.149. The minimum absolute atomic E-state index is 0.179. The van der Waals surface area contributed by atoms with Crippen molar-refractivity contribution in [2.24, 2.45) is 0 Å². The summed E-state index contributed by atoms with van der Waals surface area (Å²) in [6, 6.07) is 0. The van der Waals surface area contributed by atoms with Crippen molar-refractivity contribution < 1.29 is 19.7 Å². The van der Waals surface area contributed by atoms with Crippen LogP contribution in [0, 0.1) is 0 Å². The highest BCUT2D eigenvalue weighted by Crippen LogP contribution is 2.33. The topological polar surface area (TPSA) is 70.0 Å². The van der Waals surface area contributed by atoms with Crippen LogP contribution >= 0.6 is 0 Å². The van der Waals surface area contributed by atoms with Gasteiger partial charge in [0.2, 0.25) is 0 Å². The quantitative estimate of drug-likeness (QED) is 0.754. The first kappa shape index (κ1) is 12.8. The summed E-state index contributed by atoms with van der Waals surface area (Å²) in [7, 11) is 0. The van der Waals surface area contributed by atoms with Gasteiger partial charge in [0, 0.05) is 26.1 Å². The van der Waals surface area contributed by atoms with Crippen LogP contribution in [-0.4, -0.2) is 59.0 Å². The fourth-order valence-electron chi connectivity index (χ4n) is 2.92. The second-order valence-corrected chi connectivity index (χ2v) is 5.20. The standard InChI is InChI=1S/C12H21NO4/c14-10-3-7-17-12(8-10)4-1-5-13(9-12)6-2-11(15)16/h10,14H,1-9H2,(H,15,16)/t10-,12-/m1/s1. The Morgan fingerprint density at radius 1 is 1.53 bits per heavy atom. The van der Waals surface area contributed by atoms with Gasteiger partial charge in [-0.3, -0.25) is 9.69 Å². The predicted molar refractivity (Wildman–Crippen MR) is 61.9 cm³/mol. The summed E-state index contributed by atoms with van der Waals surface area (Å²) in [5, 5.41) is 18.4. The molecule has 0 aromatic heterocycles. The van der Waals surface area contributed by atoms with Crippen molar-refractivity contribution in [1.82, 2.24) is 4.90 Å². The summed E-state index contributed by atoms with van der Waals surface area (Å²) in [5.41, 5.74) is -0.228. The average molecular weight is 243 g/mol. The van der Waals surface area contributed by atoms with E-state index in [-0.39, 0.29) is 18.1 Å². The maximum Gasteiger partial charge on any atom is 0.304 e. The SMILES string of the molecule is O=C(O)CCN1CCC[C@@]2(C[C@H](O)CCO2)C1. The minimum atomic E-state index is -0.755. The van der Waals surface area contributed by atoms with Crippen LogP contribution in [0.3, 0.4) is 0 Å². The number of carbonyl (C=O) groups is 1. The van der Waals surface area contributed by atoms with Crippen molar-refractivity contribution in [3.05, 3.63) is 0 Å². The number of hydrogen-bond acceptors (Lipinski definition) is 4. The molecule has 5 nitrogen and oxygen atoms in total. The molecule has 0 saturated carbocycles. The molecule has 2 rings (SSSR count). The van der Waals surface area contributed by atoms with E-state index >= 15 is 0 Å². The van der Waals surface area contributed by atoms with Crippen molar-refractivity contribution in [3.8, 4) is 0 Å². The summed E-state index contributed by atoms with van der Waals surface area (Å²) < 4.78 is 5.86. The van der Waals surface area contributed by atoms with Crippen molar-refractivity contribution in [1.29, 1.82) is 0 Å². The van der Waals surface area contributed by atoms with Gasteiger partial charge in [0.05, 0.1) is 18.1 Å². The number of nitrogens with zero attached hydrogens (tertiary/aromatic N) is 1. The van der Waals surface area contributed by atoms with Gasteiger partial charge in [0.1, 0.15) is 0 Å². The molecule has 0 amide bonds. The highest BCUT2D eigenvalue weighted by molar-refractivity contribution is 5.66. The first-order valence-corrected chi connectivity index (χ1v) is 6.36. The lowest BCUT2D eigenvalue weighted by atomic mass is 9.84. The zero-order valence-electron chi connectivity index (χ0n) is 10.1. The van der Waals surface area contributed by atoms with Crippen molar-refractivity contribution >= 4 is 5.97 Å². The molecular weight excluding hydrogens is 222 g/mol. The number of rotatable bonds is 3. The molecule has 5 heteroatoms. The molecule has 2 N–H and O–H groups in total. The number of piperidine rings is 1. The van der Waals surface area contributed by atoms with E-state index in [4.69, 9.17) is 9.84 Å². The largest absolute Gasteiger partial charge is 0.481 e. The van der Waals surface area contributed by atoms with Gasteiger partial charge in [-0.15, -0.1) is 0 Å².